The van der Waals surface area contributed by atoms with Gasteiger partial charge in [-0.3, -0.25) is 9.69 Å². The number of amides is 1. The number of carbonyl (C=O) groups is 2. The Morgan fingerprint density at radius 1 is 1.50 bits per heavy atom. The summed E-state index contributed by atoms with van der Waals surface area (Å²) in [6, 6.07) is 3.22. The van der Waals surface area contributed by atoms with Crippen LogP contribution < -0.4 is 5.73 Å². The van der Waals surface area contributed by atoms with Gasteiger partial charge < -0.3 is 15.9 Å². The number of carbonyl (C=O) groups excluding carboxylic acids is 1. The second-order valence-electron chi connectivity index (χ2n) is 5.16. The van der Waals surface area contributed by atoms with Gasteiger partial charge in [0.2, 0.25) is 5.91 Å². The van der Waals surface area contributed by atoms with E-state index in [1.807, 2.05) is 0 Å². The molecule has 0 unspecified atom stereocenters. The minimum atomic E-state index is -1.19. The summed E-state index contributed by atoms with van der Waals surface area (Å²) in [7, 11) is 0. The number of benzene rings is 1. The summed E-state index contributed by atoms with van der Waals surface area (Å²) < 4.78 is 13.4. The Morgan fingerprint density at radius 3 is 2.86 bits per heavy atom. The first-order chi connectivity index (χ1) is 10.4. The van der Waals surface area contributed by atoms with Gasteiger partial charge in [-0.2, -0.15) is 0 Å². The molecule has 2 heterocycles. The number of aliphatic carboxylic acids is 1. The van der Waals surface area contributed by atoms with E-state index in [0.717, 1.165) is 6.07 Å². The Hall–Kier alpha value is -2.06. The number of aromatic hydroxyl groups is 1. The van der Waals surface area contributed by atoms with Crippen LogP contribution in [0.25, 0.3) is 0 Å². The lowest BCUT2D eigenvalue weighted by molar-refractivity contribution is -0.148. The minimum Gasteiger partial charge on any atom is -0.505 e. The van der Waals surface area contributed by atoms with Crippen LogP contribution in [0.5, 0.6) is 5.75 Å². The molecule has 0 radical (unpaired) electrons. The van der Waals surface area contributed by atoms with Crippen LogP contribution >= 0.6 is 11.8 Å². The highest BCUT2D eigenvalue weighted by atomic mass is 32.2. The van der Waals surface area contributed by atoms with E-state index in [1.54, 1.807) is 0 Å². The predicted octanol–water partition coefficient (Wildman–Crippen LogP) is 0.655. The van der Waals surface area contributed by atoms with Crippen LogP contribution in [0.4, 0.5) is 4.39 Å². The van der Waals surface area contributed by atoms with Gasteiger partial charge in [0.25, 0.3) is 0 Å². The molecule has 1 saturated heterocycles. The molecule has 2 aliphatic rings. The van der Waals surface area contributed by atoms with Gasteiger partial charge in [0.05, 0.1) is 0 Å². The third-order valence-electron chi connectivity index (χ3n) is 3.72. The molecule has 0 aliphatic carbocycles. The lowest BCUT2D eigenvalue weighted by Gasteiger charge is -2.48. The molecule has 4 N–H and O–H groups in total. The third kappa shape index (κ3) is 2.24. The van der Waals surface area contributed by atoms with Crippen molar-refractivity contribution in [2.75, 3.05) is 5.75 Å². The van der Waals surface area contributed by atoms with E-state index in [-0.39, 0.29) is 17.5 Å². The Bertz CT molecular complexity index is 706. The van der Waals surface area contributed by atoms with E-state index in [4.69, 9.17) is 5.73 Å². The molecule has 1 aromatic carbocycles. The summed E-state index contributed by atoms with van der Waals surface area (Å²) in [4.78, 5) is 24.5. The number of nitrogens with zero attached hydrogens (tertiary/aromatic N) is 1. The molecule has 2 aliphatic heterocycles. The second kappa shape index (κ2) is 5.29. The van der Waals surface area contributed by atoms with Gasteiger partial charge in [0, 0.05) is 5.75 Å². The number of rotatable bonds is 3. The molecule has 1 amide bonds. The van der Waals surface area contributed by atoms with Crippen LogP contribution in [-0.4, -0.2) is 44.2 Å². The molecule has 1 fully saturated rings. The summed E-state index contributed by atoms with van der Waals surface area (Å²) in [6.45, 7) is 0. The summed E-state index contributed by atoms with van der Waals surface area (Å²) >= 11 is 1.40. The van der Waals surface area contributed by atoms with E-state index in [9.17, 15) is 24.2 Å². The lowest BCUT2D eigenvalue weighted by atomic mass is 9.99. The van der Waals surface area contributed by atoms with Crippen molar-refractivity contribution < 1.29 is 24.2 Å². The second-order valence-corrected chi connectivity index (χ2v) is 6.26. The molecule has 0 spiro atoms. The van der Waals surface area contributed by atoms with Gasteiger partial charge in [-0.25, -0.2) is 9.18 Å². The van der Waals surface area contributed by atoms with Crippen molar-refractivity contribution in [3.63, 3.8) is 0 Å². The number of carboxylic acid groups (broad SMARTS) is 1. The fraction of sp³-hybridized carbons (Fsp3) is 0.286. The molecule has 116 valence electrons. The maximum atomic E-state index is 13.4. The normalized spacial score (nSPS) is 24.1. The number of nitrogens with two attached hydrogens (primary N) is 1. The number of hydrogen-bond acceptors (Lipinski definition) is 5. The topological polar surface area (TPSA) is 104 Å². The number of thioether (sulfide) groups is 1. The molecule has 0 bridgehead atoms. The highest BCUT2D eigenvalue weighted by molar-refractivity contribution is 8.00. The minimum absolute atomic E-state index is 0.0658. The van der Waals surface area contributed by atoms with Crippen molar-refractivity contribution in [1.82, 2.24) is 4.90 Å². The van der Waals surface area contributed by atoms with Crippen molar-refractivity contribution in [3.05, 3.63) is 40.8 Å². The Kier molecular flexibility index (Phi) is 3.57. The lowest BCUT2D eigenvalue weighted by Crippen LogP contribution is -2.68. The average Bonchev–Trinajstić information content (AvgIpc) is 2.49. The molecule has 0 saturated carbocycles. The largest absolute Gasteiger partial charge is 0.505 e. The molecule has 8 heteroatoms. The van der Waals surface area contributed by atoms with Crippen LogP contribution in [0.3, 0.4) is 0 Å². The van der Waals surface area contributed by atoms with Crippen LogP contribution in [-0.2, 0) is 16.0 Å². The summed E-state index contributed by atoms with van der Waals surface area (Å²) in [5.41, 5.74) is 6.66. The molecule has 1 aromatic rings. The number of phenolic OH excluding ortho intramolecular Hbond substituents is 1. The van der Waals surface area contributed by atoms with E-state index in [2.05, 4.69) is 0 Å². The fourth-order valence-electron chi connectivity index (χ4n) is 2.62. The SMILES string of the molecule is N[C@@H]1C(=O)N2C(C(=O)O)=C(Cc3ccc(O)c(F)c3)CS[C@H]12. The fourth-order valence-corrected chi connectivity index (χ4v) is 3.92. The first-order valence-corrected chi connectivity index (χ1v) is 7.58. The van der Waals surface area contributed by atoms with Crippen molar-refractivity contribution in [3.8, 4) is 5.75 Å². The van der Waals surface area contributed by atoms with Crippen molar-refractivity contribution >= 4 is 23.6 Å². The van der Waals surface area contributed by atoms with E-state index in [1.165, 1.54) is 28.8 Å². The van der Waals surface area contributed by atoms with Gasteiger partial charge in [-0.15, -0.1) is 11.8 Å². The van der Waals surface area contributed by atoms with Crippen LogP contribution in [0.2, 0.25) is 0 Å². The summed E-state index contributed by atoms with van der Waals surface area (Å²) in [5.74, 6) is -2.42. The molecule has 2 atom stereocenters. The van der Waals surface area contributed by atoms with Crippen LogP contribution in [0.1, 0.15) is 5.56 Å². The first kappa shape index (κ1) is 14.9. The van der Waals surface area contributed by atoms with Gasteiger partial charge in [0.15, 0.2) is 11.6 Å². The standard InChI is InChI=1S/C14H13FN2O4S/c15-8-4-6(1-2-9(8)18)3-7-5-22-13-10(16)12(19)17(13)11(7)14(20)21/h1-2,4,10,13,18H,3,5,16H2,(H,20,21)/t10-,13-/m1/s1. The molecular weight excluding hydrogens is 311 g/mol. The number of carboxylic acids is 1. The van der Waals surface area contributed by atoms with Crippen molar-refractivity contribution in [1.29, 1.82) is 0 Å². The van der Waals surface area contributed by atoms with Crippen LogP contribution in [0, 0.1) is 5.82 Å². The zero-order chi connectivity index (χ0) is 16.0. The quantitative estimate of drug-likeness (QED) is 0.706. The zero-order valence-corrected chi connectivity index (χ0v) is 12.1. The number of halogens is 1. The first-order valence-electron chi connectivity index (χ1n) is 6.53. The number of hydrogen-bond donors (Lipinski definition) is 3. The van der Waals surface area contributed by atoms with Gasteiger partial charge >= 0.3 is 5.97 Å². The Morgan fingerprint density at radius 2 is 2.23 bits per heavy atom. The number of fused-ring (bicyclic) bond motifs is 1. The van der Waals surface area contributed by atoms with Crippen molar-refractivity contribution in [2.45, 2.75) is 17.8 Å². The molecule has 22 heavy (non-hydrogen) atoms. The molecule has 6 nitrogen and oxygen atoms in total. The highest BCUT2D eigenvalue weighted by Crippen LogP contribution is 2.40. The van der Waals surface area contributed by atoms with Crippen LogP contribution in [0.15, 0.2) is 29.5 Å². The monoisotopic (exact) mass is 324 g/mol. The summed E-state index contributed by atoms with van der Waals surface area (Å²) in [5, 5.41) is 18.2. The maximum Gasteiger partial charge on any atom is 0.352 e. The Balaban J connectivity index is 1.94. The maximum absolute atomic E-state index is 13.4. The zero-order valence-electron chi connectivity index (χ0n) is 11.3. The number of β-lactam (4-membered cyclic amide) rings is 1. The molecule has 3 rings (SSSR count). The van der Waals surface area contributed by atoms with Gasteiger partial charge in [0.1, 0.15) is 17.1 Å². The van der Waals surface area contributed by atoms with E-state index < -0.39 is 29.5 Å². The highest BCUT2D eigenvalue weighted by Gasteiger charge is 2.51. The van der Waals surface area contributed by atoms with E-state index >= 15 is 0 Å². The molecular formula is C14H13FN2O4S. The Labute approximate surface area is 129 Å². The van der Waals surface area contributed by atoms with E-state index in [0.29, 0.717) is 16.9 Å². The average molecular weight is 324 g/mol. The third-order valence-corrected chi connectivity index (χ3v) is 5.08. The molecule has 0 aromatic heterocycles. The number of phenols is 1. The van der Waals surface area contributed by atoms with Gasteiger partial charge in [-0.05, 0) is 29.7 Å². The summed E-state index contributed by atoms with van der Waals surface area (Å²) in [6.07, 6.45) is 0.192. The smallest absolute Gasteiger partial charge is 0.352 e. The predicted molar refractivity (Wildman–Crippen MR) is 77.5 cm³/mol. The van der Waals surface area contributed by atoms with Crippen molar-refractivity contribution in [2.24, 2.45) is 5.73 Å². The van der Waals surface area contributed by atoms with Gasteiger partial charge in [-0.1, -0.05) is 6.07 Å².